The van der Waals surface area contributed by atoms with E-state index in [-0.39, 0.29) is 0 Å². The zero-order valence-corrected chi connectivity index (χ0v) is 12.2. The molecule has 0 amide bonds. The van der Waals surface area contributed by atoms with E-state index in [4.69, 9.17) is 9.72 Å². The van der Waals surface area contributed by atoms with Crippen molar-refractivity contribution in [1.29, 1.82) is 0 Å². The number of nitrogens with one attached hydrogen (secondary N) is 1. The molecule has 3 rings (SSSR count). The molecule has 1 aliphatic rings. The second kappa shape index (κ2) is 5.81. The molecule has 0 aromatic carbocycles. The Hall–Kier alpha value is -1.59. The SMILES string of the molecule is CCNCc1c(N2CCOCC2C)nc2ccccn12. The summed E-state index contributed by atoms with van der Waals surface area (Å²) < 4.78 is 7.72. The molecule has 5 heteroatoms. The van der Waals surface area contributed by atoms with Crippen LogP contribution in [0.15, 0.2) is 24.4 Å². The fraction of sp³-hybridized carbons (Fsp3) is 0.533. The maximum Gasteiger partial charge on any atom is 0.152 e. The highest BCUT2D eigenvalue weighted by atomic mass is 16.5. The Morgan fingerprint density at radius 2 is 2.35 bits per heavy atom. The zero-order chi connectivity index (χ0) is 13.9. The van der Waals surface area contributed by atoms with Crippen LogP contribution in [0.2, 0.25) is 0 Å². The third-order valence-electron chi connectivity index (χ3n) is 3.79. The van der Waals surface area contributed by atoms with E-state index in [2.05, 4.69) is 46.8 Å². The van der Waals surface area contributed by atoms with Crippen LogP contribution in [-0.4, -0.2) is 41.7 Å². The summed E-state index contributed by atoms with van der Waals surface area (Å²) in [5.74, 6) is 1.09. The minimum Gasteiger partial charge on any atom is -0.377 e. The molecule has 1 atom stereocenters. The molecular weight excluding hydrogens is 252 g/mol. The van der Waals surface area contributed by atoms with Gasteiger partial charge in [-0.05, 0) is 25.6 Å². The minimum atomic E-state index is 0.369. The van der Waals surface area contributed by atoms with Gasteiger partial charge in [0.05, 0.1) is 24.9 Å². The second-order valence-electron chi connectivity index (χ2n) is 5.21. The topological polar surface area (TPSA) is 41.8 Å². The van der Waals surface area contributed by atoms with E-state index in [0.29, 0.717) is 6.04 Å². The van der Waals surface area contributed by atoms with E-state index in [9.17, 15) is 0 Å². The van der Waals surface area contributed by atoms with Gasteiger partial charge in [0.1, 0.15) is 5.65 Å². The van der Waals surface area contributed by atoms with Gasteiger partial charge in [0.25, 0.3) is 0 Å². The second-order valence-corrected chi connectivity index (χ2v) is 5.21. The van der Waals surface area contributed by atoms with Gasteiger partial charge in [-0.25, -0.2) is 4.98 Å². The molecule has 1 saturated heterocycles. The predicted octanol–water partition coefficient (Wildman–Crippen LogP) is 1.67. The number of morpholine rings is 1. The number of hydrogen-bond donors (Lipinski definition) is 1. The van der Waals surface area contributed by atoms with E-state index < -0.39 is 0 Å². The molecule has 2 aromatic rings. The summed E-state index contributed by atoms with van der Waals surface area (Å²) in [7, 11) is 0. The molecule has 0 aliphatic carbocycles. The van der Waals surface area contributed by atoms with E-state index in [1.54, 1.807) is 0 Å². The van der Waals surface area contributed by atoms with Crippen molar-refractivity contribution in [3.63, 3.8) is 0 Å². The molecule has 1 aliphatic heterocycles. The monoisotopic (exact) mass is 274 g/mol. The molecule has 0 spiro atoms. The lowest BCUT2D eigenvalue weighted by atomic mass is 10.2. The van der Waals surface area contributed by atoms with Gasteiger partial charge in [-0.3, -0.25) is 0 Å². The molecule has 3 heterocycles. The van der Waals surface area contributed by atoms with Crippen LogP contribution in [0.5, 0.6) is 0 Å². The molecule has 1 unspecified atom stereocenters. The van der Waals surface area contributed by atoms with Crippen LogP contribution in [0.1, 0.15) is 19.5 Å². The fourth-order valence-corrected chi connectivity index (χ4v) is 2.71. The third kappa shape index (κ3) is 2.39. The van der Waals surface area contributed by atoms with Crippen LogP contribution in [0.4, 0.5) is 5.82 Å². The van der Waals surface area contributed by atoms with Gasteiger partial charge in [-0.1, -0.05) is 13.0 Å². The Balaban J connectivity index is 2.03. The largest absolute Gasteiger partial charge is 0.377 e. The molecule has 5 nitrogen and oxygen atoms in total. The Kier molecular flexibility index (Phi) is 3.89. The van der Waals surface area contributed by atoms with Crippen LogP contribution in [-0.2, 0) is 11.3 Å². The Bertz CT molecular complexity index is 580. The van der Waals surface area contributed by atoms with Crippen LogP contribution in [0.25, 0.3) is 5.65 Å². The zero-order valence-electron chi connectivity index (χ0n) is 12.2. The highest BCUT2D eigenvalue weighted by molar-refractivity contribution is 5.56. The highest BCUT2D eigenvalue weighted by Gasteiger charge is 2.24. The fourth-order valence-electron chi connectivity index (χ4n) is 2.71. The number of fused-ring (bicyclic) bond motifs is 1. The standard InChI is InChI=1S/C15H22N4O/c1-3-16-10-13-15(18-8-9-20-11-12(18)2)17-14-6-4-5-7-19(13)14/h4-7,12,16H,3,8-11H2,1-2H3. The molecule has 108 valence electrons. The third-order valence-corrected chi connectivity index (χ3v) is 3.79. The quantitative estimate of drug-likeness (QED) is 0.921. The maximum absolute atomic E-state index is 5.54. The smallest absolute Gasteiger partial charge is 0.152 e. The first kappa shape index (κ1) is 13.4. The lowest BCUT2D eigenvalue weighted by molar-refractivity contribution is 0.0985. The lowest BCUT2D eigenvalue weighted by Gasteiger charge is -2.34. The maximum atomic E-state index is 5.54. The highest BCUT2D eigenvalue weighted by Crippen LogP contribution is 2.25. The number of pyridine rings is 1. The molecule has 0 bridgehead atoms. The van der Waals surface area contributed by atoms with Crippen molar-refractivity contribution >= 4 is 11.5 Å². The molecule has 1 fully saturated rings. The first-order chi connectivity index (χ1) is 9.81. The van der Waals surface area contributed by atoms with Crippen LogP contribution in [0, 0.1) is 0 Å². The lowest BCUT2D eigenvalue weighted by Crippen LogP contribution is -2.44. The first-order valence-electron chi connectivity index (χ1n) is 7.32. The summed E-state index contributed by atoms with van der Waals surface area (Å²) in [6.45, 7) is 8.57. The average Bonchev–Trinajstić information content (AvgIpc) is 2.84. The van der Waals surface area contributed by atoms with E-state index >= 15 is 0 Å². The van der Waals surface area contributed by atoms with Crippen molar-refractivity contribution in [3.8, 4) is 0 Å². The van der Waals surface area contributed by atoms with Crippen molar-refractivity contribution in [2.45, 2.75) is 26.4 Å². The van der Waals surface area contributed by atoms with Crippen molar-refractivity contribution < 1.29 is 4.74 Å². The number of rotatable bonds is 4. The normalized spacial score (nSPS) is 19.7. The number of imidazole rings is 1. The van der Waals surface area contributed by atoms with Gasteiger partial charge in [0, 0.05) is 19.3 Å². The van der Waals surface area contributed by atoms with Crippen molar-refractivity contribution in [3.05, 3.63) is 30.1 Å². The Morgan fingerprint density at radius 1 is 1.45 bits per heavy atom. The van der Waals surface area contributed by atoms with Gasteiger partial charge in [-0.2, -0.15) is 0 Å². The summed E-state index contributed by atoms with van der Waals surface area (Å²) in [6, 6.07) is 6.51. The molecule has 2 aromatic heterocycles. The van der Waals surface area contributed by atoms with Crippen molar-refractivity contribution in [1.82, 2.24) is 14.7 Å². The number of hydrogen-bond acceptors (Lipinski definition) is 4. The van der Waals surface area contributed by atoms with Crippen molar-refractivity contribution in [2.75, 3.05) is 31.2 Å². The van der Waals surface area contributed by atoms with Crippen LogP contribution >= 0.6 is 0 Å². The number of nitrogens with zero attached hydrogens (tertiary/aromatic N) is 3. The number of ether oxygens (including phenoxy) is 1. The summed E-state index contributed by atoms with van der Waals surface area (Å²) in [4.78, 5) is 7.20. The molecule has 0 radical (unpaired) electrons. The summed E-state index contributed by atoms with van der Waals surface area (Å²) >= 11 is 0. The van der Waals surface area contributed by atoms with Crippen LogP contribution in [0.3, 0.4) is 0 Å². The number of anilines is 1. The van der Waals surface area contributed by atoms with Gasteiger partial charge in [0.2, 0.25) is 0 Å². The van der Waals surface area contributed by atoms with E-state index in [1.807, 2.05) is 6.07 Å². The predicted molar refractivity (Wildman–Crippen MR) is 80.2 cm³/mol. The molecule has 1 N–H and O–H groups in total. The minimum absolute atomic E-state index is 0.369. The summed E-state index contributed by atoms with van der Waals surface area (Å²) in [6.07, 6.45) is 2.09. The Labute approximate surface area is 119 Å². The summed E-state index contributed by atoms with van der Waals surface area (Å²) in [5, 5.41) is 3.42. The van der Waals surface area contributed by atoms with E-state index in [0.717, 1.165) is 44.3 Å². The van der Waals surface area contributed by atoms with E-state index in [1.165, 1.54) is 5.69 Å². The first-order valence-corrected chi connectivity index (χ1v) is 7.32. The van der Waals surface area contributed by atoms with Crippen LogP contribution < -0.4 is 10.2 Å². The van der Waals surface area contributed by atoms with Gasteiger partial charge in [-0.15, -0.1) is 0 Å². The molecule has 20 heavy (non-hydrogen) atoms. The van der Waals surface area contributed by atoms with Gasteiger partial charge < -0.3 is 19.4 Å². The van der Waals surface area contributed by atoms with Gasteiger partial charge >= 0.3 is 0 Å². The molecular formula is C15H22N4O. The Morgan fingerprint density at radius 3 is 3.15 bits per heavy atom. The average molecular weight is 274 g/mol. The van der Waals surface area contributed by atoms with Crippen molar-refractivity contribution in [2.24, 2.45) is 0 Å². The number of aromatic nitrogens is 2. The summed E-state index contributed by atoms with van der Waals surface area (Å²) in [5.41, 5.74) is 2.24. The molecule has 0 saturated carbocycles. The van der Waals surface area contributed by atoms with Gasteiger partial charge in [0.15, 0.2) is 5.82 Å².